The quantitative estimate of drug-likeness (QED) is 0.757. The van der Waals surface area contributed by atoms with Crippen LogP contribution in [0.25, 0.3) is 0 Å². The average Bonchev–Trinajstić information content (AvgIpc) is 2.58. The SMILES string of the molecule is COc1ccccc1NC(=O)COc1c(Cl)c(C)c(Cl)c(C)c1Cl. The number of rotatable bonds is 5. The van der Waals surface area contributed by atoms with Crippen LogP contribution in [0, 0.1) is 13.8 Å². The number of amides is 1. The Kier molecular flexibility index (Phi) is 6.21. The lowest BCUT2D eigenvalue weighted by atomic mass is 10.1. The maximum Gasteiger partial charge on any atom is 0.262 e. The number of carbonyl (C=O) groups excluding carboxylic acids is 1. The lowest BCUT2D eigenvalue weighted by Crippen LogP contribution is -2.20. The Morgan fingerprint density at radius 2 is 1.62 bits per heavy atom. The number of ether oxygens (including phenoxy) is 2. The molecule has 0 heterocycles. The highest BCUT2D eigenvalue weighted by Crippen LogP contribution is 2.42. The zero-order chi connectivity index (χ0) is 17.9. The van der Waals surface area contributed by atoms with Crippen molar-refractivity contribution in [1.29, 1.82) is 0 Å². The van der Waals surface area contributed by atoms with Crippen molar-refractivity contribution in [2.45, 2.75) is 13.8 Å². The summed E-state index contributed by atoms with van der Waals surface area (Å²) in [7, 11) is 1.53. The maximum atomic E-state index is 12.1. The summed E-state index contributed by atoms with van der Waals surface area (Å²) < 4.78 is 10.7. The third-order valence-corrected chi connectivity index (χ3v) is 4.92. The van der Waals surface area contributed by atoms with E-state index >= 15 is 0 Å². The molecule has 0 bridgehead atoms. The van der Waals surface area contributed by atoms with Gasteiger partial charge in [-0.05, 0) is 37.1 Å². The molecule has 0 aromatic heterocycles. The summed E-state index contributed by atoms with van der Waals surface area (Å²) in [6.45, 7) is 3.27. The van der Waals surface area contributed by atoms with Crippen LogP contribution >= 0.6 is 34.8 Å². The first kappa shape index (κ1) is 18.7. The Morgan fingerprint density at radius 3 is 2.21 bits per heavy atom. The molecule has 0 aliphatic heterocycles. The molecule has 0 aliphatic carbocycles. The van der Waals surface area contributed by atoms with E-state index in [-0.39, 0.29) is 18.3 Å². The van der Waals surface area contributed by atoms with Crippen molar-refractivity contribution in [3.63, 3.8) is 0 Å². The van der Waals surface area contributed by atoms with Gasteiger partial charge >= 0.3 is 0 Å². The molecule has 1 amide bonds. The molecular weight excluding hydrogens is 373 g/mol. The first-order valence-electron chi connectivity index (χ1n) is 7.06. The van der Waals surface area contributed by atoms with Gasteiger partial charge in [0.05, 0.1) is 22.8 Å². The lowest BCUT2D eigenvalue weighted by molar-refractivity contribution is -0.118. The predicted molar refractivity (Wildman–Crippen MR) is 98.1 cm³/mol. The standard InChI is InChI=1S/C17H16Cl3NO3/c1-9-14(18)10(2)16(20)17(15(9)19)24-8-13(22)21-11-6-4-5-7-12(11)23-3/h4-7H,8H2,1-3H3,(H,21,22). The number of benzene rings is 2. The fraction of sp³-hybridized carbons (Fsp3) is 0.235. The molecule has 0 radical (unpaired) electrons. The largest absolute Gasteiger partial charge is 0.495 e. The molecule has 1 N–H and O–H groups in total. The number of para-hydroxylation sites is 2. The van der Waals surface area contributed by atoms with Crippen molar-refractivity contribution in [2.24, 2.45) is 0 Å². The summed E-state index contributed by atoms with van der Waals surface area (Å²) in [4.78, 5) is 12.1. The highest BCUT2D eigenvalue weighted by Gasteiger charge is 2.19. The van der Waals surface area contributed by atoms with Gasteiger partial charge in [-0.25, -0.2) is 0 Å². The van der Waals surface area contributed by atoms with E-state index in [1.165, 1.54) is 7.11 Å². The van der Waals surface area contributed by atoms with Gasteiger partial charge in [0, 0.05) is 5.02 Å². The molecule has 2 aromatic rings. The van der Waals surface area contributed by atoms with Gasteiger partial charge in [-0.3, -0.25) is 4.79 Å². The molecule has 2 rings (SSSR count). The number of anilines is 1. The van der Waals surface area contributed by atoms with Crippen molar-refractivity contribution < 1.29 is 14.3 Å². The number of halogens is 3. The molecule has 24 heavy (non-hydrogen) atoms. The van der Waals surface area contributed by atoms with E-state index in [1.54, 1.807) is 32.0 Å². The van der Waals surface area contributed by atoms with Crippen LogP contribution in [0.3, 0.4) is 0 Å². The molecule has 4 nitrogen and oxygen atoms in total. The number of methoxy groups -OCH3 is 1. The van der Waals surface area contributed by atoms with Crippen LogP contribution in [-0.4, -0.2) is 19.6 Å². The van der Waals surface area contributed by atoms with Crippen LogP contribution in [0.2, 0.25) is 15.1 Å². The van der Waals surface area contributed by atoms with Crippen LogP contribution in [0.5, 0.6) is 11.5 Å². The molecule has 0 spiro atoms. The van der Waals surface area contributed by atoms with Crippen LogP contribution in [-0.2, 0) is 4.79 Å². The summed E-state index contributed by atoms with van der Waals surface area (Å²) in [6.07, 6.45) is 0. The minimum atomic E-state index is -0.364. The summed E-state index contributed by atoms with van der Waals surface area (Å²) in [5, 5.41) is 3.78. The molecule has 7 heteroatoms. The summed E-state index contributed by atoms with van der Waals surface area (Å²) in [5.41, 5.74) is 1.86. The lowest BCUT2D eigenvalue weighted by Gasteiger charge is -2.15. The zero-order valence-corrected chi connectivity index (χ0v) is 15.6. The average molecular weight is 389 g/mol. The molecule has 0 saturated carbocycles. The number of carbonyl (C=O) groups is 1. The highest BCUT2D eigenvalue weighted by atomic mass is 35.5. The second kappa shape index (κ2) is 7.97. The predicted octanol–water partition coefficient (Wildman–Crippen LogP) is 5.29. The third-order valence-electron chi connectivity index (χ3n) is 3.44. The fourth-order valence-corrected chi connectivity index (χ4v) is 2.93. The first-order valence-corrected chi connectivity index (χ1v) is 8.19. The van der Waals surface area contributed by atoms with E-state index in [0.29, 0.717) is 37.6 Å². The smallest absolute Gasteiger partial charge is 0.262 e. The second-order valence-electron chi connectivity index (χ2n) is 5.06. The van der Waals surface area contributed by atoms with Gasteiger partial charge in [-0.2, -0.15) is 0 Å². The van der Waals surface area contributed by atoms with E-state index in [2.05, 4.69) is 5.32 Å². The maximum absolute atomic E-state index is 12.1. The van der Waals surface area contributed by atoms with E-state index in [0.717, 1.165) is 0 Å². The number of hydrogen-bond donors (Lipinski definition) is 1. The highest BCUT2D eigenvalue weighted by molar-refractivity contribution is 6.42. The Bertz CT molecular complexity index is 749. The molecule has 0 unspecified atom stereocenters. The number of nitrogens with one attached hydrogen (secondary N) is 1. The van der Waals surface area contributed by atoms with E-state index < -0.39 is 0 Å². The van der Waals surface area contributed by atoms with E-state index in [4.69, 9.17) is 44.3 Å². The minimum Gasteiger partial charge on any atom is -0.495 e. The molecule has 0 aliphatic rings. The number of hydrogen-bond acceptors (Lipinski definition) is 3. The monoisotopic (exact) mass is 387 g/mol. The van der Waals surface area contributed by atoms with Crippen molar-refractivity contribution in [3.05, 3.63) is 50.5 Å². The zero-order valence-electron chi connectivity index (χ0n) is 13.4. The van der Waals surface area contributed by atoms with Crippen molar-refractivity contribution >= 4 is 46.4 Å². The van der Waals surface area contributed by atoms with E-state index in [9.17, 15) is 4.79 Å². The van der Waals surface area contributed by atoms with Gasteiger partial charge in [-0.1, -0.05) is 46.9 Å². The van der Waals surface area contributed by atoms with Gasteiger partial charge in [-0.15, -0.1) is 0 Å². The van der Waals surface area contributed by atoms with E-state index in [1.807, 2.05) is 6.07 Å². The second-order valence-corrected chi connectivity index (χ2v) is 6.19. The molecule has 0 fully saturated rings. The Balaban J connectivity index is 2.13. The third kappa shape index (κ3) is 3.89. The fourth-order valence-electron chi connectivity index (χ4n) is 2.11. The van der Waals surface area contributed by atoms with Gasteiger partial charge in [0.2, 0.25) is 0 Å². The van der Waals surface area contributed by atoms with Crippen LogP contribution in [0.15, 0.2) is 24.3 Å². The topological polar surface area (TPSA) is 47.6 Å². The van der Waals surface area contributed by atoms with Gasteiger partial charge < -0.3 is 14.8 Å². The molecule has 0 saturated heterocycles. The molecule has 0 atom stereocenters. The molecule has 2 aromatic carbocycles. The van der Waals surface area contributed by atoms with Gasteiger partial charge in [0.15, 0.2) is 12.4 Å². The van der Waals surface area contributed by atoms with Crippen LogP contribution in [0.4, 0.5) is 5.69 Å². The first-order chi connectivity index (χ1) is 11.4. The van der Waals surface area contributed by atoms with Gasteiger partial charge in [0.25, 0.3) is 5.91 Å². The molecule has 128 valence electrons. The van der Waals surface area contributed by atoms with Crippen molar-refractivity contribution in [2.75, 3.05) is 19.0 Å². The Morgan fingerprint density at radius 1 is 1.04 bits per heavy atom. The molecular formula is C17H16Cl3NO3. The van der Waals surface area contributed by atoms with Gasteiger partial charge in [0.1, 0.15) is 5.75 Å². The van der Waals surface area contributed by atoms with Crippen LogP contribution < -0.4 is 14.8 Å². The summed E-state index contributed by atoms with van der Waals surface area (Å²) in [6, 6.07) is 7.08. The normalized spacial score (nSPS) is 10.4. The summed E-state index contributed by atoms with van der Waals surface area (Å²) >= 11 is 18.6. The Labute approximate surface area is 155 Å². The summed E-state index contributed by atoms with van der Waals surface area (Å²) in [5.74, 6) is 0.435. The van der Waals surface area contributed by atoms with Crippen molar-refractivity contribution in [1.82, 2.24) is 0 Å². The minimum absolute atomic E-state index is 0.243. The van der Waals surface area contributed by atoms with Crippen molar-refractivity contribution in [3.8, 4) is 11.5 Å². The van der Waals surface area contributed by atoms with Crippen LogP contribution in [0.1, 0.15) is 11.1 Å². The Hall–Kier alpha value is -1.62.